The monoisotopic (exact) mass is 218 g/mol. The highest BCUT2D eigenvalue weighted by Gasteiger charge is 2.31. The average molecular weight is 218 g/mol. The summed E-state index contributed by atoms with van der Waals surface area (Å²) in [5.41, 5.74) is 7.02. The van der Waals surface area contributed by atoms with Gasteiger partial charge in [0.25, 0.3) is 0 Å². The lowest BCUT2D eigenvalue weighted by molar-refractivity contribution is -0.128. The van der Waals surface area contributed by atoms with Gasteiger partial charge < -0.3 is 10.6 Å². The minimum Gasteiger partial charge on any atom is -0.338 e. The fourth-order valence-corrected chi connectivity index (χ4v) is 2.11. The quantitative estimate of drug-likeness (QED) is 0.833. The first-order valence-electron chi connectivity index (χ1n) is 5.74. The van der Waals surface area contributed by atoms with Gasteiger partial charge in [-0.1, -0.05) is 30.3 Å². The first-order valence-corrected chi connectivity index (χ1v) is 5.74. The zero-order valence-corrected chi connectivity index (χ0v) is 9.60. The van der Waals surface area contributed by atoms with E-state index in [0.29, 0.717) is 18.9 Å². The molecule has 1 aromatic rings. The number of likely N-dealkylation sites (tertiary alicyclic amines) is 1. The van der Waals surface area contributed by atoms with E-state index >= 15 is 0 Å². The van der Waals surface area contributed by atoms with Crippen LogP contribution in [-0.4, -0.2) is 23.4 Å². The summed E-state index contributed by atoms with van der Waals surface area (Å²) in [7, 11) is 0. The Morgan fingerprint density at radius 1 is 1.44 bits per heavy atom. The molecule has 86 valence electrons. The predicted octanol–water partition coefficient (Wildman–Crippen LogP) is 1.38. The van der Waals surface area contributed by atoms with Crippen LogP contribution in [0, 0.1) is 5.92 Å². The van der Waals surface area contributed by atoms with Gasteiger partial charge in [0.15, 0.2) is 0 Å². The summed E-state index contributed by atoms with van der Waals surface area (Å²) < 4.78 is 0. The van der Waals surface area contributed by atoms with Gasteiger partial charge in [0, 0.05) is 31.5 Å². The van der Waals surface area contributed by atoms with Crippen molar-refractivity contribution in [2.24, 2.45) is 11.7 Å². The topological polar surface area (TPSA) is 46.3 Å². The number of rotatable bonds is 3. The highest BCUT2D eigenvalue weighted by atomic mass is 16.2. The van der Waals surface area contributed by atoms with Gasteiger partial charge >= 0.3 is 0 Å². The molecule has 0 unspecified atom stereocenters. The van der Waals surface area contributed by atoms with Crippen LogP contribution in [0.4, 0.5) is 0 Å². The van der Waals surface area contributed by atoms with Crippen LogP contribution in [0.2, 0.25) is 0 Å². The molecule has 0 aromatic heterocycles. The Morgan fingerprint density at radius 2 is 2.12 bits per heavy atom. The van der Waals surface area contributed by atoms with E-state index in [2.05, 4.69) is 0 Å². The van der Waals surface area contributed by atoms with Crippen molar-refractivity contribution in [3.05, 3.63) is 35.9 Å². The second kappa shape index (κ2) is 4.66. The number of carbonyl (C=O) groups excluding carboxylic acids is 1. The molecule has 2 atom stereocenters. The lowest BCUT2D eigenvalue weighted by atomic mass is 10.0. The first-order chi connectivity index (χ1) is 7.66. The number of amides is 1. The number of benzene rings is 1. The van der Waals surface area contributed by atoms with Gasteiger partial charge in [0.05, 0.1) is 0 Å². The van der Waals surface area contributed by atoms with Crippen molar-refractivity contribution < 1.29 is 4.79 Å². The molecule has 1 fully saturated rings. The summed E-state index contributed by atoms with van der Waals surface area (Å²) in [5, 5.41) is 0. The maximum atomic E-state index is 11.8. The smallest absolute Gasteiger partial charge is 0.223 e. The van der Waals surface area contributed by atoms with Crippen molar-refractivity contribution in [1.29, 1.82) is 0 Å². The molecule has 1 aromatic carbocycles. The molecular formula is C13H18N2O. The summed E-state index contributed by atoms with van der Waals surface area (Å²) in [6.07, 6.45) is 0.602. The van der Waals surface area contributed by atoms with Crippen LogP contribution in [0.15, 0.2) is 30.3 Å². The van der Waals surface area contributed by atoms with Gasteiger partial charge in [-0.15, -0.1) is 0 Å². The number of carbonyl (C=O) groups is 1. The Kier molecular flexibility index (Phi) is 3.25. The number of nitrogens with zero attached hydrogens (tertiary/aromatic N) is 1. The predicted molar refractivity (Wildman–Crippen MR) is 63.6 cm³/mol. The molecule has 0 bridgehead atoms. The van der Waals surface area contributed by atoms with Crippen molar-refractivity contribution >= 4 is 5.91 Å². The average Bonchev–Trinajstić information content (AvgIpc) is 2.62. The second-order valence-electron chi connectivity index (χ2n) is 4.58. The Bertz CT molecular complexity index is 361. The van der Waals surface area contributed by atoms with E-state index in [1.807, 2.05) is 42.2 Å². The fourth-order valence-electron chi connectivity index (χ4n) is 2.11. The van der Waals surface area contributed by atoms with Crippen molar-refractivity contribution in [2.75, 3.05) is 6.54 Å². The molecule has 0 radical (unpaired) electrons. The van der Waals surface area contributed by atoms with Gasteiger partial charge in [-0.3, -0.25) is 4.79 Å². The molecule has 0 aliphatic carbocycles. The summed E-state index contributed by atoms with van der Waals surface area (Å²) in [6.45, 7) is 3.48. The van der Waals surface area contributed by atoms with Crippen LogP contribution in [0.5, 0.6) is 0 Å². The molecule has 0 saturated carbocycles. The van der Waals surface area contributed by atoms with Crippen LogP contribution in [0.25, 0.3) is 0 Å². The number of nitrogens with two attached hydrogens (primary N) is 1. The molecule has 0 spiro atoms. The zero-order chi connectivity index (χ0) is 11.5. The molecule has 1 saturated heterocycles. The second-order valence-corrected chi connectivity index (χ2v) is 4.58. The maximum absolute atomic E-state index is 11.8. The minimum absolute atomic E-state index is 0.102. The molecule has 16 heavy (non-hydrogen) atoms. The number of hydrogen-bond donors (Lipinski definition) is 1. The largest absolute Gasteiger partial charge is 0.338 e. The Balaban J connectivity index is 1.99. The molecule has 3 heteroatoms. The molecule has 2 N–H and O–H groups in total. The highest BCUT2D eigenvalue weighted by Crippen LogP contribution is 2.21. The standard InChI is InChI=1S/C13H18N2O/c1-10(14)12-7-13(16)15(9-12)8-11-5-3-2-4-6-11/h2-6,10,12H,7-9,14H2,1H3/t10-,12-/m1/s1. The van der Waals surface area contributed by atoms with Gasteiger partial charge in [-0.05, 0) is 12.5 Å². The molecular weight excluding hydrogens is 200 g/mol. The summed E-state index contributed by atoms with van der Waals surface area (Å²) in [4.78, 5) is 13.7. The third kappa shape index (κ3) is 2.42. The van der Waals surface area contributed by atoms with Crippen LogP contribution >= 0.6 is 0 Å². The third-order valence-electron chi connectivity index (χ3n) is 3.20. The summed E-state index contributed by atoms with van der Waals surface area (Å²) in [5.74, 6) is 0.544. The van der Waals surface area contributed by atoms with E-state index in [4.69, 9.17) is 5.73 Å². The summed E-state index contributed by atoms with van der Waals surface area (Å²) in [6, 6.07) is 10.2. The highest BCUT2D eigenvalue weighted by molar-refractivity contribution is 5.78. The molecule has 2 rings (SSSR count). The molecule has 1 amide bonds. The SMILES string of the molecule is C[C@@H](N)[C@@H]1CC(=O)N(Cc2ccccc2)C1. The fraction of sp³-hybridized carbons (Fsp3) is 0.462. The van der Waals surface area contributed by atoms with Gasteiger partial charge in [-0.2, -0.15) is 0 Å². The summed E-state index contributed by atoms with van der Waals surface area (Å²) >= 11 is 0. The lowest BCUT2D eigenvalue weighted by Gasteiger charge is -2.18. The van der Waals surface area contributed by atoms with E-state index in [-0.39, 0.29) is 11.9 Å². The van der Waals surface area contributed by atoms with Crippen LogP contribution in [-0.2, 0) is 11.3 Å². The Morgan fingerprint density at radius 3 is 2.69 bits per heavy atom. The molecule has 3 nitrogen and oxygen atoms in total. The van der Waals surface area contributed by atoms with Gasteiger partial charge in [-0.25, -0.2) is 0 Å². The third-order valence-corrected chi connectivity index (χ3v) is 3.20. The minimum atomic E-state index is 0.102. The number of hydrogen-bond acceptors (Lipinski definition) is 2. The normalized spacial score (nSPS) is 22.5. The van der Waals surface area contributed by atoms with Crippen molar-refractivity contribution in [1.82, 2.24) is 4.90 Å². The van der Waals surface area contributed by atoms with Crippen molar-refractivity contribution in [3.63, 3.8) is 0 Å². The van der Waals surface area contributed by atoms with E-state index in [0.717, 1.165) is 6.54 Å². The van der Waals surface area contributed by atoms with E-state index in [9.17, 15) is 4.79 Å². The van der Waals surface area contributed by atoms with Crippen molar-refractivity contribution in [2.45, 2.75) is 25.9 Å². The van der Waals surface area contributed by atoms with Crippen LogP contribution in [0.3, 0.4) is 0 Å². The lowest BCUT2D eigenvalue weighted by Crippen LogP contribution is -2.30. The van der Waals surface area contributed by atoms with Gasteiger partial charge in [0.1, 0.15) is 0 Å². The van der Waals surface area contributed by atoms with Crippen molar-refractivity contribution in [3.8, 4) is 0 Å². The molecule has 1 heterocycles. The van der Waals surface area contributed by atoms with E-state index in [1.54, 1.807) is 0 Å². The Hall–Kier alpha value is -1.35. The molecule has 1 aliphatic heterocycles. The Labute approximate surface area is 96.2 Å². The van der Waals surface area contributed by atoms with Gasteiger partial charge in [0.2, 0.25) is 5.91 Å². The zero-order valence-electron chi connectivity index (χ0n) is 9.60. The van der Waals surface area contributed by atoms with E-state index < -0.39 is 0 Å². The maximum Gasteiger partial charge on any atom is 0.223 e. The first kappa shape index (κ1) is 11.1. The molecule has 1 aliphatic rings. The van der Waals surface area contributed by atoms with E-state index in [1.165, 1.54) is 5.56 Å². The van der Waals surface area contributed by atoms with Crippen LogP contribution in [0.1, 0.15) is 18.9 Å². The van der Waals surface area contributed by atoms with Crippen LogP contribution < -0.4 is 5.73 Å².